The smallest absolute Gasteiger partial charge is 0.417 e. The molecule has 0 amide bonds. The van der Waals surface area contributed by atoms with Crippen molar-refractivity contribution in [2.24, 2.45) is 0 Å². The molecule has 1 rings (SSSR count). The predicted molar refractivity (Wildman–Crippen MR) is 58.7 cm³/mol. The largest absolute Gasteiger partial charge is 0.496 e. The molecule has 0 aromatic heterocycles. The second kappa shape index (κ2) is 5.61. The fourth-order valence-electron chi connectivity index (χ4n) is 1.44. The minimum Gasteiger partial charge on any atom is -0.496 e. The van der Waals surface area contributed by atoms with E-state index in [-0.39, 0.29) is 17.9 Å². The van der Waals surface area contributed by atoms with Gasteiger partial charge in [0.2, 0.25) is 0 Å². The first kappa shape index (κ1) is 14.8. The third-order valence-electron chi connectivity index (χ3n) is 2.26. The van der Waals surface area contributed by atoms with E-state index in [1.165, 1.54) is 20.1 Å². The summed E-state index contributed by atoms with van der Waals surface area (Å²) in [5.41, 5.74) is -2.17. The summed E-state index contributed by atoms with van der Waals surface area (Å²) in [6.45, 7) is 1.54. The molecule has 0 N–H and O–H groups in total. The van der Waals surface area contributed by atoms with Gasteiger partial charge in [-0.2, -0.15) is 18.4 Å². The monoisotopic (exact) mass is 273 g/mol. The zero-order chi connectivity index (χ0) is 14.6. The summed E-state index contributed by atoms with van der Waals surface area (Å²) in [4.78, 5) is 11.6. The molecule has 7 heteroatoms. The molecule has 0 unspecified atom stereocenters. The van der Waals surface area contributed by atoms with Crippen LogP contribution in [0.1, 0.15) is 28.4 Å². The van der Waals surface area contributed by atoms with E-state index in [1.54, 1.807) is 0 Å². The summed E-state index contributed by atoms with van der Waals surface area (Å²) in [5, 5.41) is 8.71. The molecule has 0 saturated carbocycles. The molecule has 102 valence electrons. The van der Waals surface area contributed by atoms with Gasteiger partial charge in [0.1, 0.15) is 11.3 Å². The predicted octanol–water partition coefficient (Wildman–Crippen LogP) is 2.76. The Morgan fingerprint density at radius 2 is 2.05 bits per heavy atom. The van der Waals surface area contributed by atoms with E-state index in [0.29, 0.717) is 6.07 Å². The summed E-state index contributed by atoms with van der Waals surface area (Å²) >= 11 is 0. The second-order valence-corrected chi connectivity index (χ2v) is 3.43. The van der Waals surface area contributed by atoms with Crippen molar-refractivity contribution in [1.82, 2.24) is 0 Å². The molecule has 19 heavy (non-hydrogen) atoms. The number of hydrogen-bond donors (Lipinski definition) is 0. The maximum Gasteiger partial charge on any atom is 0.417 e. The van der Waals surface area contributed by atoms with E-state index in [2.05, 4.69) is 4.74 Å². The summed E-state index contributed by atoms with van der Waals surface area (Å²) in [7, 11) is 1.19. The van der Waals surface area contributed by atoms with Crippen LogP contribution in [0.3, 0.4) is 0 Å². The Morgan fingerprint density at radius 1 is 1.42 bits per heavy atom. The van der Waals surface area contributed by atoms with E-state index in [1.807, 2.05) is 0 Å². The lowest BCUT2D eigenvalue weighted by atomic mass is 10.0. The molecule has 0 heterocycles. The van der Waals surface area contributed by atoms with Gasteiger partial charge in [-0.15, -0.1) is 0 Å². The third-order valence-corrected chi connectivity index (χ3v) is 2.26. The molecule has 0 spiro atoms. The number of ether oxygens (including phenoxy) is 2. The van der Waals surface area contributed by atoms with E-state index < -0.39 is 23.3 Å². The van der Waals surface area contributed by atoms with Gasteiger partial charge in [0.05, 0.1) is 30.9 Å². The highest BCUT2D eigenvalue weighted by atomic mass is 19.4. The van der Waals surface area contributed by atoms with Crippen molar-refractivity contribution in [2.45, 2.75) is 13.1 Å². The maximum absolute atomic E-state index is 12.8. The lowest BCUT2D eigenvalue weighted by Crippen LogP contribution is -2.13. The summed E-state index contributed by atoms with van der Waals surface area (Å²) in [6.07, 6.45) is -4.74. The van der Waals surface area contributed by atoms with Crippen LogP contribution in [0.5, 0.6) is 5.75 Å². The number of rotatable bonds is 3. The highest BCUT2D eigenvalue weighted by Crippen LogP contribution is 2.35. The summed E-state index contributed by atoms with van der Waals surface area (Å²) < 4.78 is 47.7. The van der Waals surface area contributed by atoms with Crippen molar-refractivity contribution >= 4 is 5.97 Å². The van der Waals surface area contributed by atoms with Crippen molar-refractivity contribution < 1.29 is 27.4 Å². The zero-order valence-corrected chi connectivity index (χ0v) is 10.2. The topological polar surface area (TPSA) is 59.3 Å². The number of hydrogen-bond acceptors (Lipinski definition) is 4. The molecule has 0 aliphatic heterocycles. The number of benzene rings is 1. The molecule has 0 fully saturated rings. The molecule has 0 aliphatic carbocycles. The van der Waals surface area contributed by atoms with Crippen LogP contribution in [0.4, 0.5) is 13.2 Å². The molecule has 0 radical (unpaired) electrons. The molecule has 0 aliphatic rings. The van der Waals surface area contributed by atoms with Crippen molar-refractivity contribution in [3.8, 4) is 11.8 Å². The SMILES string of the molecule is CCOC(=O)c1cc(C(F)(F)F)c(C#N)cc1OC. The average molecular weight is 273 g/mol. The molecule has 0 bridgehead atoms. The maximum atomic E-state index is 12.8. The van der Waals surface area contributed by atoms with Crippen molar-refractivity contribution in [1.29, 1.82) is 5.26 Å². The lowest BCUT2D eigenvalue weighted by Gasteiger charge is -2.13. The van der Waals surface area contributed by atoms with E-state index >= 15 is 0 Å². The third kappa shape index (κ3) is 3.16. The average Bonchev–Trinajstić information content (AvgIpc) is 2.36. The van der Waals surface area contributed by atoms with Gasteiger partial charge in [0, 0.05) is 0 Å². The number of methoxy groups -OCH3 is 1. The van der Waals surface area contributed by atoms with Crippen molar-refractivity contribution in [3.05, 3.63) is 28.8 Å². The van der Waals surface area contributed by atoms with Crippen LogP contribution in [-0.2, 0) is 10.9 Å². The lowest BCUT2D eigenvalue weighted by molar-refractivity contribution is -0.137. The number of nitrogens with zero attached hydrogens (tertiary/aromatic N) is 1. The van der Waals surface area contributed by atoms with Crippen LogP contribution >= 0.6 is 0 Å². The summed E-state index contributed by atoms with van der Waals surface area (Å²) in [6, 6.07) is 2.86. The number of carbonyl (C=O) groups is 1. The molecule has 1 aromatic carbocycles. The van der Waals surface area contributed by atoms with Gasteiger partial charge in [-0.1, -0.05) is 0 Å². The number of nitriles is 1. The Labute approximate surface area is 107 Å². The number of alkyl halides is 3. The molecular formula is C12H10F3NO3. The Bertz CT molecular complexity index is 532. The normalized spacial score (nSPS) is 10.7. The minimum atomic E-state index is -4.74. The van der Waals surface area contributed by atoms with Gasteiger partial charge in [0.15, 0.2) is 0 Å². The van der Waals surface area contributed by atoms with Gasteiger partial charge in [-0.25, -0.2) is 4.79 Å². The van der Waals surface area contributed by atoms with Gasteiger partial charge in [-0.05, 0) is 19.1 Å². The summed E-state index contributed by atoms with van der Waals surface area (Å²) in [5.74, 6) is -1.07. The fraction of sp³-hybridized carbons (Fsp3) is 0.333. The molecular weight excluding hydrogens is 263 g/mol. The van der Waals surface area contributed by atoms with E-state index in [0.717, 1.165) is 6.07 Å². The fourth-order valence-corrected chi connectivity index (χ4v) is 1.44. The van der Waals surface area contributed by atoms with E-state index in [4.69, 9.17) is 10.00 Å². The van der Waals surface area contributed by atoms with Gasteiger partial charge >= 0.3 is 12.1 Å². The van der Waals surface area contributed by atoms with E-state index in [9.17, 15) is 18.0 Å². The van der Waals surface area contributed by atoms with Crippen LogP contribution < -0.4 is 4.74 Å². The first-order valence-electron chi connectivity index (χ1n) is 5.21. The van der Waals surface area contributed by atoms with Gasteiger partial charge in [-0.3, -0.25) is 0 Å². The van der Waals surface area contributed by atoms with Crippen molar-refractivity contribution in [3.63, 3.8) is 0 Å². The van der Waals surface area contributed by atoms with Crippen molar-refractivity contribution in [2.75, 3.05) is 13.7 Å². The Balaban J connectivity index is 3.47. The number of carbonyl (C=O) groups excluding carboxylic acids is 1. The Morgan fingerprint density at radius 3 is 2.47 bits per heavy atom. The molecule has 1 aromatic rings. The van der Waals surface area contributed by atoms with Crippen LogP contribution in [0.25, 0.3) is 0 Å². The van der Waals surface area contributed by atoms with Crippen LogP contribution in [0, 0.1) is 11.3 Å². The Hall–Kier alpha value is -2.23. The molecule has 4 nitrogen and oxygen atoms in total. The Kier molecular flexibility index (Phi) is 4.38. The van der Waals surface area contributed by atoms with Crippen LogP contribution in [-0.4, -0.2) is 19.7 Å². The second-order valence-electron chi connectivity index (χ2n) is 3.43. The minimum absolute atomic E-state index is 0.0172. The van der Waals surface area contributed by atoms with Gasteiger partial charge < -0.3 is 9.47 Å². The molecule has 0 atom stereocenters. The van der Waals surface area contributed by atoms with Gasteiger partial charge in [0.25, 0.3) is 0 Å². The van der Waals surface area contributed by atoms with Crippen LogP contribution in [0.15, 0.2) is 12.1 Å². The highest BCUT2D eigenvalue weighted by molar-refractivity contribution is 5.93. The first-order valence-corrected chi connectivity index (χ1v) is 5.21. The highest BCUT2D eigenvalue weighted by Gasteiger charge is 2.35. The number of halogens is 3. The molecule has 0 saturated heterocycles. The standard InChI is InChI=1S/C12H10F3NO3/c1-3-19-11(17)8-5-9(12(13,14)15)7(6-16)4-10(8)18-2/h4-5H,3H2,1-2H3. The number of esters is 1. The van der Waals surface area contributed by atoms with Crippen LogP contribution in [0.2, 0.25) is 0 Å². The first-order chi connectivity index (χ1) is 8.85. The zero-order valence-electron chi connectivity index (χ0n) is 10.2. The quantitative estimate of drug-likeness (QED) is 0.794.